The van der Waals surface area contributed by atoms with Crippen LogP contribution in [0.4, 0.5) is 0 Å². The first-order valence-electron chi connectivity index (χ1n) is 6.34. The Hall–Kier alpha value is -1.93. The molecule has 2 rings (SSSR count). The molecule has 0 atom stereocenters. The summed E-state index contributed by atoms with van der Waals surface area (Å²) in [6.07, 6.45) is 0. The van der Waals surface area contributed by atoms with Gasteiger partial charge < -0.3 is 0 Å². The molecule has 110 valence electrons. The molecule has 0 saturated carbocycles. The van der Waals surface area contributed by atoms with Gasteiger partial charge in [-0.1, -0.05) is 36.9 Å². The molecule has 21 heavy (non-hydrogen) atoms. The van der Waals surface area contributed by atoms with Crippen LogP contribution in [0, 0.1) is 6.92 Å². The van der Waals surface area contributed by atoms with E-state index in [-0.39, 0.29) is 11.0 Å². The molecule has 1 aromatic heterocycles. The van der Waals surface area contributed by atoms with Gasteiger partial charge in [-0.05, 0) is 37.0 Å². The fourth-order valence-corrected chi connectivity index (χ4v) is 2.44. The molecule has 1 aromatic carbocycles. The van der Waals surface area contributed by atoms with E-state index >= 15 is 0 Å². The lowest BCUT2D eigenvalue weighted by atomic mass is 10.2. The van der Waals surface area contributed by atoms with Crippen LogP contribution in [0.25, 0.3) is 0 Å². The number of thiocarbonyl (C=S) groups is 1. The Balaban J connectivity index is 2.02. The molecule has 0 radical (unpaired) electrons. The third-order valence-corrected chi connectivity index (χ3v) is 3.55. The van der Waals surface area contributed by atoms with Crippen LogP contribution >= 0.6 is 24.0 Å². The van der Waals surface area contributed by atoms with Gasteiger partial charge >= 0.3 is 0 Å². The lowest BCUT2D eigenvalue weighted by Crippen LogP contribution is -2.38. The second-order valence-electron chi connectivity index (χ2n) is 4.06. The van der Waals surface area contributed by atoms with Crippen LogP contribution in [0.2, 0.25) is 0 Å². The van der Waals surface area contributed by atoms with Gasteiger partial charge in [0.2, 0.25) is 5.16 Å². The second kappa shape index (κ2) is 7.19. The van der Waals surface area contributed by atoms with E-state index in [1.165, 1.54) is 11.8 Å². The summed E-state index contributed by atoms with van der Waals surface area (Å²) in [5, 5.41) is 11.5. The number of benzene rings is 1. The van der Waals surface area contributed by atoms with E-state index in [2.05, 4.69) is 20.9 Å². The number of carbonyl (C=O) groups excluding carboxylic acids is 1. The highest BCUT2D eigenvalue weighted by atomic mass is 32.2. The molecule has 0 aliphatic rings. The van der Waals surface area contributed by atoms with E-state index in [0.29, 0.717) is 16.5 Å². The first kappa shape index (κ1) is 15.5. The average Bonchev–Trinajstić information content (AvgIpc) is 2.81. The van der Waals surface area contributed by atoms with Gasteiger partial charge in [-0.3, -0.25) is 15.5 Å². The van der Waals surface area contributed by atoms with Crippen molar-refractivity contribution in [3.63, 3.8) is 0 Å². The third-order valence-electron chi connectivity index (χ3n) is 2.54. The first-order valence-corrected chi connectivity index (χ1v) is 7.73. The Kier molecular flexibility index (Phi) is 5.29. The number of nitrogens with zero attached hydrogens (tertiary/aromatic N) is 3. The lowest BCUT2D eigenvalue weighted by molar-refractivity contribution is 0.0977. The Labute approximate surface area is 132 Å². The number of rotatable bonds is 4. The Morgan fingerprint density at radius 2 is 2.05 bits per heavy atom. The molecule has 0 aliphatic heterocycles. The molecule has 0 unspecified atom stereocenters. The van der Waals surface area contributed by atoms with Crippen LogP contribution in [-0.2, 0) is 0 Å². The molecule has 2 N–H and O–H groups in total. The lowest BCUT2D eigenvalue weighted by Gasteiger charge is -2.12. The van der Waals surface area contributed by atoms with Crippen LogP contribution in [0.1, 0.15) is 23.1 Å². The predicted octanol–water partition coefficient (Wildman–Crippen LogP) is 1.96. The summed E-state index contributed by atoms with van der Waals surface area (Å²) in [7, 11) is 0. The molecule has 0 fully saturated rings. The van der Waals surface area contributed by atoms with Gasteiger partial charge in [0.25, 0.3) is 5.91 Å². The van der Waals surface area contributed by atoms with E-state index in [9.17, 15) is 4.79 Å². The predicted molar refractivity (Wildman–Crippen MR) is 87.0 cm³/mol. The molecule has 0 saturated heterocycles. The van der Waals surface area contributed by atoms with Crippen LogP contribution < -0.4 is 10.7 Å². The van der Waals surface area contributed by atoms with E-state index < -0.39 is 0 Å². The molecule has 0 aliphatic carbocycles. The third kappa shape index (κ3) is 4.02. The van der Waals surface area contributed by atoms with Crippen molar-refractivity contribution in [2.75, 3.05) is 11.2 Å². The molecule has 2 aromatic rings. The van der Waals surface area contributed by atoms with Crippen molar-refractivity contribution in [1.82, 2.24) is 20.2 Å². The maximum Gasteiger partial charge on any atom is 0.257 e. The molecular formula is C13H15N5OS2. The average molecular weight is 321 g/mol. The Morgan fingerprint density at radius 1 is 1.33 bits per heavy atom. The zero-order chi connectivity index (χ0) is 15.2. The topological polar surface area (TPSA) is 71.8 Å². The second-order valence-corrected chi connectivity index (χ2v) is 5.70. The monoisotopic (exact) mass is 321 g/mol. The molecular weight excluding hydrogens is 306 g/mol. The van der Waals surface area contributed by atoms with Gasteiger partial charge in [0.1, 0.15) is 5.82 Å². The molecule has 0 bridgehead atoms. The minimum atomic E-state index is -0.261. The van der Waals surface area contributed by atoms with Crippen LogP contribution in [0.15, 0.2) is 35.5 Å². The van der Waals surface area contributed by atoms with E-state index in [0.717, 1.165) is 5.75 Å². The minimum Gasteiger partial charge on any atom is -0.298 e. The van der Waals surface area contributed by atoms with Crippen LogP contribution in [-0.4, -0.2) is 31.6 Å². The molecule has 6 nitrogen and oxygen atoms in total. The first-order chi connectivity index (χ1) is 10.1. The summed E-state index contributed by atoms with van der Waals surface area (Å²) in [4.78, 5) is 12.0. The van der Waals surface area contributed by atoms with Crippen molar-refractivity contribution in [2.24, 2.45) is 0 Å². The fourth-order valence-electron chi connectivity index (χ4n) is 1.59. The number of aromatic nitrogens is 3. The summed E-state index contributed by atoms with van der Waals surface area (Å²) >= 11 is 6.69. The smallest absolute Gasteiger partial charge is 0.257 e. The maximum absolute atomic E-state index is 12.0. The summed E-state index contributed by atoms with van der Waals surface area (Å²) in [5.41, 5.74) is 3.46. The molecule has 1 amide bonds. The largest absolute Gasteiger partial charge is 0.298 e. The molecule has 0 spiro atoms. The summed E-state index contributed by atoms with van der Waals surface area (Å²) in [6, 6.07) is 8.89. The number of nitrogens with one attached hydrogen (secondary N) is 2. The fraction of sp³-hybridized carbons (Fsp3) is 0.231. The van der Waals surface area contributed by atoms with Gasteiger partial charge in [-0.15, -0.1) is 10.2 Å². The number of amides is 1. The quantitative estimate of drug-likeness (QED) is 0.662. The normalized spacial score (nSPS) is 10.2. The number of hydrogen-bond donors (Lipinski definition) is 2. The van der Waals surface area contributed by atoms with Crippen molar-refractivity contribution in [2.45, 2.75) is 19.0 Å². The van der Waals surface area contributed by atoms with Gasteiger partial charge in [0.15, 0.2) is 5.11 Å². The van der Waals surface area contributed by atoms with Crippen molar-refractivity contribution in [3.05, 3.63) is 41.7 Å². The van der Waals surface area contributed by atoms with Crippen LogP contribution in [0.3, 0.4) is 0 Å². The summed E-state index contributed by atoms with van der Waals surface area (Å²) in [6.45, 7) is 3.83. The number of hydrogen-bond acceptors (Lipinski definition) is 5. The standard InChI is InChI=1S/C13H15N5OS2/c1-3-21-13-16-15-9(2)18(13)17-12(20)14-11(19)10-7-5-4-6-8-10/h4-8H,3H2,1-2H3,(H2,14,17,19,20). The SMILES string of the molecule is CCSc1nnc(C)n1NC(=S)NC(=O)c1ccccc1. The van der Waals surface area contributed by atoms with E-state index in [4.69, 9.17) is 12.2 Å². The number of thioether (sulfide) groups is 1. The highest BCUT2D eigenvalue weighted by molar-refractivity contribution is 7.99. The minimum absolute atomic E-state index is 0.199. The summed E-state index contributed by atoms with van der Waals surface area (Å²) in [5.74, 6) is 1.27. The van der Waals surface area contributed by atoms with Crippen molar-refractivity contribution in [3.8, 4) is 0 Å². The zero-order valence-electron chi connectivity index (χ0n) is 11.7. The molecule has 8 heteroatoms. The maximum atomic E-state index is 12.0. The van der Waals surface area contributed by atoms with Crippen molar-refractivity contribution >= 4 is 35.0 Å². The Morgan fingerprint density at radius 3 is 2.71 bits per heavy atom. The van der Waals surface area contributed by atoms with Gasteiger partial charge in [-0.25, -0.2) is 4.68 Å². The highest BCUT2D eigenvalue weighted by Gasteiger charge is 2.12. The van der Waals surface area contributed by atoms with Gasteiger partial charge in [0, 0.05) is 5.56 Å². The van der Waals surface area contributed by atoms with E-state index in [1.54, 1.807) is 35.9 Å². The van der Waals surface area contributed by atoms with Crippen LogP contribution in [0.5, 0.6) is 0 Å². The number of carbonyl (C=O) groups is 1. The highest BCUT2D eigenvalue weighted by Crippen LogP contribution is 2.14. The van der Waals surface area contributed by atoms with Gasteiger partial charge in [-0.2, -0.15) is 0 Å². The summed E-state index contributed by atoms with van der Waals surface area (Å²) < 4.78 is 1.65. The van der Waals surface area contributed by atoms with Gasteiger partial charge in [0.05, 0.1) is 0 Å². The molecule has 1 heterocycles. The number of aryl methyl sites for hydroxylation is 1. The van der Waals surface area contributed by atoms with Crippen molar-refractivity contribution in [1.29, 1.82) is 0 Å². The van der Waals surface area contributed by atoms with E-state index in [1.807, 2.05) is 13.0 Å². The van der Waals surface area contributed by atoms with Crippen molar-refractivity contribution < 1.29 is 4.79 Å². The Bertz CT molecular complexity index is 641. The zero-order valence-corrected chi connectivity index (χ0v) is 13.3.